The summed E-state index contributed by atoms with van der Waals surface area (Å²) >= 11 is 0. The van der Waals surface area contributed by atoms with E-state index >= 15 is 0 Å². The minimum Gasteiger partial charge on any atom is -0.472 e. The van der Waals surface area contributed by atoms with Gasteiger partial charge in [0.25, 0.3) is 0 Å². The fraction of sp³-hybridized carbons (Fsp3) is 0.375. The monoisotopic (exact) mass is 243 g/mol. The Bertz CT molecular complexity index is 488. The number of hydrogen-bond donors (Lipinski definition) is 1. The quantitative estimate of drug-likeness (QED) is 0.859. The molecular weight excluding hydrogens is 222 g/mol. The molecule has 2 heteroatoms. The Morgan fingerprint density at radius 3 is 2.72 bits per heavy atom. The van der Waals surface area contributed by atoms with Gasteiger partial charge in [-0.05, 0) is 44.0 Å². The van der Waals surface area contributed by atoms with Crippen LogP contribution in [-0.4, -0.2) is 6.54 Å². The molecule has 1 N–H and O–H groups in total. The molecule has 2 nitrogen and oxygen atoms in total. The van der Waals surface area contributed by atoms with Gasteiger partial charge in [-0.3, -0.25) is 0 Å². The van der Waals surface area contributed by atoms with Gasteiger partial charge < -0.3 is 9.73 Å². The molecule has 0 saturated heterocycles. The van der Waals surface area contributed by atoms with Crippen LogP contribution in [0, 0.1) is 13.8 Å². The molecule has 0 aliphatic carbocycles. The number of furan rings is 1. The van der Waals surface area contributed by atoms with Crippen LogP contribution in [0.5, 0.6) is 0 Å². The zero-order chi connectivity index (χ0) is 13.0. The van der Waals surface area contributed by atoms with E-state index in [1.165, 1.54) is 22.3 Å². The predicted molar refractivity (Wildman–Crippen MR) is 74.8 cm³/mol. The average molecular weight is 243 g/mol. The summed E-state index contributed by atoms with van der Waals surface area (Å²) in [6, 6.07) is 8.87. The van der Waals surface area contributed by atoms with Gasteiger partial charge in [0.15, 0.2) is 0 Å². The van der Waals surface area contributed by atoms with Crippen molar-refractivity contribution in [3.8, 4) is 0 Å². The molecule has 0 bridgehead atoms. The van der Waals surface area contributed by atoms with Crippen molar-refractivity contribution in [1.29, 1.82) is 0 Å². The Labute approximate surface area is 109 Å². The van der Waals surface area contributed by atoms with Crippen LogP contribution in [0.4, 0.5) is 0 Å². The summed E-state index contributed by atoms with van der Waals surface area (Å²) in [5.41, 5.74) is 5.14. The smallest absolute Gasteiger partial charge is 0.0953 e. The van der Waals surface area contributed by atoms with E-state index in [1.54, 1.807) is 6.26 Å². The van der Waals surface area contributed by atoms with Gasteiger partial charge in [-0.15, -0.1) is 0 Å². The van der Waals surface area contributed by atoms with Gasteiger partial charge in [-0.1, -0.05) is 30.7 Å². The third kappa shape index (κ3) is 2.82. The second-order valence-electron chi connectivity index (χ2n) is 4.80. The number of aryl methyl sites for hydroxylation is 2. The lowest BCUT2D eigenvalue weighted by atomic mass is 9.95. The fourth-order valence-electron chi connectivity index (χ4n) is 2.21. The van der Waals surface area contributed by atoms with E-state index in [-0.39, 0.29) is 6.04 Å². The first-order valence-electron chi connectivity index (χ1n) is 6.55. The zero-order valence-corrected chi connectivity index (χ0v) is 11.4. The molecule has 0 aliphatic heterocycles. The maximum atomic E-state index is 5.23. The van der Waals surface area contributed by atoms with E-state index in [2.05, 4.69) is 44.3 Å². The Hall–Kier alpha value is -1.54. The molecule has 0 saturated carbocycles. The summed E-state index contributed by atoms with van der Waals surface area (Å²) in [6.07, 6.45) is 4.69. The topological polar surface area (TPSA) is 25.2 Å². The van der Waals surface area contributed by atoms with Gasteiger partial charge in [0.2, 0.25) is 0 Å². The van der Waals surface area contributed by atoms with Crippen molar-refractivity contribution in [1.82, 2.24) is 5.32 Å². The molecular formula is C16H21NO. The van der Waals surface area contributed by atoms with Crippen LogP contribution in [0.15, 0.2) is 41.2 Å². The van der Waals surface area contributed by atoms with Crippen molar-refractivity contribution in [3.63, 3.8) is 0 Å². The Balaban J connectivity index is 2.36. The minimum atomic E-state index is 0.226. The maximum absolute atomic E-state index is 5.23. The molecule has 1 unspecified atom stereocenters. The third-order valence-corrected chi connectivity index (χ3v) is 3.22. The second kappa shape index (κ2) is 5.87. The van der Waals surface area contributed by atoms with E-state index in [1.807, 2.05) is 12.3 Å². The largest absolute Gasteiger partial charge is 0.472 e. The maximum Gasteiger partial charge on any atom is 0.0953 e. The summed E-state index contributed by atoms with van der Waals surface area (Å²) in [6.45, 7) is 7.48. The van der Waals surface area contributed by atoms with E-state index in [0.717, 1.165) is 13.0 Å². The molecule has 0 aliphatic rings. The highest BCUT2D eigenvalue weighted by atomic mass is 16.3. The van der Waals surface area contributed by atoms with Gasteiger partial charge in [0.05, 0.1) is 18.6 Å². The molecule has 96 valence electrons. The molecule has 2 rings (SSSR count). The first-order chi connectivity index (χ1) is 8.72. The molecule has 2 aromatic rings. The number of hydrogen-bond acceptors (Lipinski definition) is 2. The molecule has 0 amide bonds. The highest BCUT2D eigenvalue weighted by molar-refractivity contribution is 5.38. The van der Waals surface area contributed by atoms with Crippen LogP contribution in [0.25, 0.3) is 0 Å². The highest BCUT2D eigenvalue weighted by Crippen LogP contribution is 2.26. The summed E-state index contributed by atoms with van der Waals surface area (Å²) < 4.78 is 5.23. The summed E-state index contributed by atoms with van der Waals surface area (Å²) in [5, 5.41) is 3.60. The van der Waals surface area contributed by atoms with Crippen molar-refractivity contribution in [2.24, 2.45) is 0 Å². The van der Waals surface area contributed by atoms with Crippen LogP contribution >= 0.6 is 0 Å². The number of nitrogens with one attached hydrogen (secondary N) is 1. The Kier molecular flexibility index (Phi) is 4.21. The number of rotatable bonds is 5. The molecule has 1 atom stereocenters. The summed E-state index contributed by atoms with van der Waals surface area (Å²) in [7, 11) is 0. The Morgan fingerprint density at radius 1 is 1.22 bits per heavy atom. The van der Waals surface area contributed by atoms with E-state index in [9.17, 15) is 0 Å². The van der Waals surface area contributed by atoms with Crippen LogP contribution in [0.1, 0.15) is 41.6 Å². The van der Waals surface area contributed by atoms with Gasteiger partial charge in [0.1, 0.15) is 0 Å². The normalized spacial score (nSPS) is 12.6. The highest BCUT2D eigenvalue weighted by Gasteiger charge is 2.16. The molecule has 1 aromatic carbocycles. The van der Waals surface area contributed by atoms with Crippen molar-refractivity contribution < 1.29 is 4.42 Å². The number of benzene rings is 1. The molecule has 0 radical (unpaired) electrons. The van der Waals surface area contributed by atoms with Crippen molar-refractivity contribution in [2.45, 2.75) is 33.2 Å². The van der Waals surface area contributed by atoms with Gasteiger partial charge in [0, 0.05) is 5.56 Å². The van der Waals surface area contributed by atoms with Crippen molar-refractivity contribution >= 4 is 0 Å². The van der Waals surface area contributed by atoms with E-state index < -0.39 is 0 Å². The van der Waals surface area contributed by atoms with Crippen LogP contribution in [-0.2, 0) is 0 Å². The first-order valence-corrected chi connectivity index (χ1v) is 6.55. The molecule has 1 heterocycles. The minimum absolute atomic E-state index is 0.226. The Morgan fingerprint density at radius 2 is 2.06 bits per heavy atom. The van der Waals surface area contributed by atoms with Crippen LogP contribution < -0.4 is 5.32 Å². The third-order valence-electron chi connectivity index (χ3n) is 3.22. The van der Waals surface area contributed by atoms with Gasteiger partial charge in [-0.2, -0.15) is 0 Å². The zero-order valence-electron chi connectivity index (χ0n) is 11.4. The van der Waals surface area contributed by atoms with Gasteiger partial charge >= 0.3 is 0 Å². The average Bonchev–Trinajstić information content (AvgIpc) is 2.88. The van der Waals surface area contributed by atoms with Gasteiger partial charge in [-0.25, -0.2) is 0 Å². The van der Waals surface area contributed by atoms with Crippen molar-refractivity contribution in [2.75, 3.05) is 6.54 Å². The van der Waals surface area contributed by atoms with Crippen molar-refractivity contribution in [3.05, 3.63) is 59.0 Å². The lowest BCUT2D eigenvalue weighted by Crippen LogP contribution is -2.23. The summed E-state index contributed by atoms with van der Waals surface area (Å²) in [5.74, 6) is 0. The van der Waals surface area contributed by atoms with Crippen LogP contribution in [0.2, 0.25) is 0 Å². The van der Waals surface area contributed by atoms with Crippen LogP contribution in [0.3, 0.4) is 0 Å². The lowest BCUT2D eigenvalue weighted by Gasteiger charge is -2.20. The predicted octanol–water partition coefficient (Wildman–Crippen LogP) is 3.99. The molecule has 0 fully saturated rings. The molecule has 18 heavy (non-hydrogen) atoms. The van der Waals surface area contributed by atoms with E-state index in [0.29, 0.717) is 0 Å². The lowest BCUT2D eigenvalue weighted by molar-refractivity contribution is 0.547. The standard InChI is InChI=1S/C16H21NO/c1-4-8-17-16(14-7-9-18-11-14)15-10-12(2)5-6-13(15)3/h5-7,9-11,16-17H,4,8H2,1-3H3. The fourth-order valence-corrected chi connectivity index (χ4v) is 2.21. The second-order valence-corrected chi connectivity index (χ2v) is 4.80. The van der Waals surface area contributed by atoms with E-state index in [4.69, 9.17) is 4.42 Å². The first kappa shape index (κ1) is 12.9. The molecule has 1 aromatic heterocycles. The molecule has 0 spiro atoms. The summed E-state index contributed by atoms with van der Waals surface area (Å²) in [4.78, 5) is 0. The SMILES string of the molecule is CCCNC(c1ccoc1)c1cc(C)ccc1C.